The number of allylic oxidation sites excluding steroid dienone is 17. The number of nitrogens with zero attached hydrogens (tertiary/aromatic N) is 2. The van der Waals surface area contributed by atoms with Crippen LogP contribution >= 0.6 is 0 Å². The van der Waals surface area contributed by atoms with Crippen LogP contribution in [-0.4, -0.2) is 11.6 Å². The number of furan rings is 1. The van der Waals surface area contributed by atoms with Crippen molar-refractivity contribution < 1.29 is 4.42 Å². The monoisotopic (exact) mass is 951 g/mol. The topological polar surface area (TPSA) is 21.3 Å². The maximum Gasteiger partial charge on any atom is 0.135 e. The summed E-state index contributed by atoms with van der Waals surface area (Å²) in [5.74, 6) is 0.910. The van der Waals surface area contributed by atoms with Crippen molar-refractivity contribution in [1.29, 1.82) is 0 Å². The lowest BCUT2D eigenvalue weighted by atomic mass is 9.67. The smallest absolute Gasteiger partial charge is 0.135 e. The molecule has 2 heterocycles. The minimum Gasteiger partial charge on any atom is -0.461 e. The maximum absolute atomic E-state index is 6.29. The molecule has 0 saturated heterocycles. The Morgan fingerprint density at radius 2 is 1.58 bits per heavy atom. The Bertz CT molecular complexity index is 3140. The molecule has 0 saturated carbocycles. The van der Waals surface area contributed by atoms with Crippen LogP contribution in [0.25, 0.3) is 62.5 Å². The molecule has 0 aliphatic heterocycles. The first-order chi connectivity index (χ1) is 35.1. The average molecular weight is 951 g/mol. The molecule has 3 aliphatic rings. The van der Waals surface area contributed by atoms with Crippen LogP contribution in [0.15, 0.2) is 212 Å². The van der Waals surface area contributed by atoms with Gasteiger partial charge in [0.15, 0.2) is 0 Å². The fourth-order valence-corrected chi connectivity index (χ4v) is 9.53. The number of likely N-dealkylation sites (N-methyl/N-ethyl adjacent to an activating group) is 1. The molecule has 3 nitrogen and oxygen atoms in total. The zero-order valence-corrected chi connectivity index (χ0v) is 45.0. The van der Waals surface area contributed by atoms with Gasteiger partial charge in [0.1, 0.15) is 11.3 Å². The number of anilines is 1. The lowest BCUT2D eigenvalue weighted by Gasteiger charge is -2.37. The molecule has 0 amide bonds. The van der Waals surface area contributed by atoms with Crippen LogP contribution in [0.1, 0.15) is 126 Å². The van der Waals surface area contributed by atoms with Crippen LogP contribution in [-0.2, 0) is 5.41 Å². The summed E-state index contributed by atoms with van der Waals surface area (Å²) in [5, 5.41) is 2.22. The molecule has 370 valence electrons. The third-order valence-electron chi connectivity index (χ3n) is 13.2. The number of benzene rings is 4. The lowest BCUT2D eigenvalue weighted by molar-refractivity contribution is 0.578. The van der Waals surface area contributed by atoms with E-state index in [2.05, 4.69) is 223 Å². The van der Waals surface area contributed by atoms with E-state index in [-0.39, 0.29) is 5.41 Å². The SMILES string of the molecule is C=C.C=C/C(=C\CC)c1ccccc1.C=CC/C=C\c1c(C)oc2cc3c(C=C)c(/C=C\C)n(-c4ccc(N(C)C5=CC=C6CC(=C5)C(C)(C)c5ccc(C7=CCC=CC=C7)cc56)cc4)c3cc12.CC.CC. The Morgan fingerprint density at radius 3 is 2.25 bits per heavy atom. The highest BCUT2D eigenvalue weighted by Gasteiger charge is 2.35. The fourth-order valence-electron chi connectivity index (χ4n) is 9.53. The van der Waals surface area contributed by atoms with Gasteiger partial charge in [0.25, 0.3) is 0 Å². The molecule has 0 atom stereocenters. The fraction of sp³-hybridized carbons (Fsp3) is 0.217. The predicted octanol–water partition coefficient (Wildman–Crippen LogP) is 20.4. The summed E-state index contributed by atoms with van der Waals surface area (Å²) in [6, 6.07) is 30.8. The van der Waals surface area contributed by atoms with Crippen molar-refractivity contribution in [3.63, 3.8) is 0 Å². The molecule has 9 rings (SSSR count). The Balaban J connectivity index is 0.000000460. The van der Waals surface area contributed by atoms with E-state index >= 15 is 0 Å². The van der Waals surface area contributed by atoms with Crippen LogP contribution in [0.5, 0.6) is 0 Å². The average Bonchev–Trinajstić information content (AvgIpc) is 3.61. The second-order valence-corrected chi connectivity index (χ2v) is 17.6. The molecule has 3 aliphatic carbocycles. The summed E-state index contributed by atoms with van der Waals surface area (Å²) in [7, 11) is 2.17. The Morgan fingerprint density at radius 1 is 0.847 bits per heavy atom. The van der Waals surface area contributed by atoms with Crippen molar-refractivity contribution >= 4 is 62.5 Å². The normalized spacial score (nSPS) is 14.3. The van der Waals surface area contributed by atoms with Gasteiger partial charge >= 0.3 is 0 Å². The van der Waals surface area contributed by atoms with E-state index in [0.29, 0.717) is 0 Å². The van der Waals surface area contributed by atoms with Crippen LogP contribution in [0, 0.1) is 6.92 Å². The summed E-state index contributed by atoms with van der Waals surface area (Å²) in [5.41, 5.74) is 19.2. The molecule has 2 bridgehead atoms. The molecule has 3 heteroatoms. The second-order valence-electron chi connectivity index (χ2n) is 17.6. The molecule has 6 aromatic rings. The number of aryl methyl sites for hydroxylation is 1. The zero-order valence-electron chi connectivity index (χ0n) is 45.0. The van der Waals surface area contributed by atoms with Crippen LogP contribution in [0.4, 0.5) is 5.69 Å². The van der Waals surface area contributed by atoms with Crippen molar-refractivity contribution in [1.82, 2.24) is 4.57 Å². The van der Waals surface area contributed by atoms with Gasteiger partial charge in [0.05, 0.1) is 11.2 Å². The second kappa shape index (κ2) is 26.6. The third-order valence-corrected chi connectivity index (χ3v) is 13.2. The minimum atomic E-state index is -0.0870. The van der Waals surface area contributed by atoms with E-state index in [1.165, 1.54) is 50.2 Å². The molecule has 2 aromatic heterocycles. The van der Waals surface area contributed by atoms with Gasteiger partial charge in [-0.05, 0) is 139 Å². The van der Waals surface area contributed by atoms with E-state index in [9.17, 15) is 0 Å². The zero-order chi connectivity index (χ0) is 52.4. The summed E-state index contributed by atoms with van der Waals surface area (Å²) >= 11 is 0. The largest absolute Gasteiger partial charge is 0.461 e. The Hall–Kier alpha value is -7.62. The molecule has 0 spiro atoms. The first-order valence-corrected chi connectivity index (χ1v) is 25.8. The molecular weight excluding hydrogens is 873 g/mol. The van der Waals surface area contributed by atoms with Gasteiger partial charge in [-0.1, -0.05) is 189 Å². The highest BCUT2D eigenvalue weighted by Crippen LogP contribution is 2.48. The van der Waals surface area contributed by atoms with Gasteiger partial charge in [-0.15, -0.1) is 19.7 Å². The number of hydrogen-bond donors (Lipinski definition) is 0. The van der Waals surface area contributed by atoms with Gasteiger partial charge in [-0.2, -0.15) is 0 Å². The van der Waals surface area contributed by atoms with Crippen molar-refractivity contribution in [3.8, 4) is 5.69 Å². The number of rotatable bonds is 12. The van der Waals surface area contributed by atoms with E-state index in [4.69, 9.17) is 4.42 Å². The minimum absolute atomic E-state index is 0.0870. The summed E-state index contributed by atoms with van der Waals surface area (Å²) in [6.07, 6.45) is 38.3. The summed E-state index contributed by atoms with van der Waals surface area (Å²) in [4.78, 5) is 2.31. The van der Waals surface area contributed by atoms with Gasteiger partial charge in [-0.3, -0.25) is 0 Å². The van der Waals surface area contributed by atoms with Crippen LogP contribution in [0.2, 0.25) is 0 Å². The molecule has 0 N–H and O–H groups in total. The first kappa shape index (κ1) is 55.3. The summed E-state index contributed by atoms with van der Waals surface area (Å²) < 4.78 is 8.64. The predicted molar refractivity (Wildman–Crippen MR) is 323 cm³/mol. The lowest BCUT2D eigenvalue weighted by Crippen LogP contribution is -2.27. The maximum atomic E-state index is 6.29. The molecule has 0 fully saturated rings. The van der Waals surface area contributed by atoms with Crippen molar-refractivity contribution in [3.05, 3.63) is 253 Å². The number of fused-ring (bicyclic) bond motifs is 6. The van der Waals surface area contributed by atoms with E-state index < -0.39 is 0 Å². The molecule has 72 heavy (non-hydrogen) atoms. The standard InChI is InChI=1S/C51H48N2O.C12H14.2C2H6.C2H4/c1-8-11-14-20-43-34(4)54-50-33-45-42(10-3)48(17-9-2)53(49(45)32-46(43)50)40-26-24-39(25-27-40)52(7)41-23-21-37-29-38(31-41)51(5,6)47-28-22-36(30-44(37)47)35-18-15-12-13-16-19-35;1-3-8-11(4-2)12-9-6-5-7-10-12;3*1-2/h8-10,12-15,17-28,30-33H,1,3,11,16,29H2,2,4-7H3;4-10H,2-3H2,1H3;2*1-2H3;1-2H2/b17-9-,20-14-;11-8+;;;. The number of hydrogen-bond acceptors (Lipinski definition) is 2. The van der Waals surface area contributed by atoms with Gasteiger partial charge in [0.2, 0.25) is 0 Å². The van der Waals surface area contributed by atoms with Gasteiger partial charge in [0, 0.05) is 51.4 Å². The van der Waals surface area contributed by atoms with E-state index in [1.807, 2.05) is 71.0 Å². The quantitative estimate of drug-likeness (QED) is 0.0900. The highest BCUT2D eigenvalue weighted by molar-refractivity contribution is 6.05. The van der Waals surface area contributed by atoms with Gasteiger partial charge < -0.3 is 13.9 Å². The van der Waals surface area contributed by atoms with Gasteiger partial charge in [-0.25, -0.2) is 0 Å². The molecule has 4 aromatic carbocycles. The van der Waals surface area contributed by atoms with E-state index in [0.717, 1.165) is 81.5 Å². The highest BCUT2D eigenvalue weighted by atomic mass is 16.3. The first-order valence-electron chi connectivity index (χ1n) is 25.8. The molecule has 0 unspecified atom stereocenters. The van der Waals surface area contributed by atoms with Crippen LogP contribution < -0.4 is 4.90 Å². The Kier molecular flexibility index (Phi) is 20.4. The van der Waals surface area contributed by atoms with Crippen molar-refractivity contribution in [2.24, 2.45) is 0 Å². The summed E-state index contributed by atoms with van der Waals surface area (Å²) in [6.45, 7) is 36.9. The van der Waals surface area contributed by atoms with E-state index in [1.54, 1.807) is 0 Å². The van der Waals surface area contributed by atoms with Crippen molar-refractivity contribution in [2.45, 2.75) is 93.4 Å². The number of aromatic nitrogens is 1. The third kappa shape index (κ3) is 11.9. The van der Waals surface area contributed by atoms with Crippen molar-refractivity contribution in [2.75, 3.05) is 11.9 Å². The molecule has 0 radical (unpaired) electrons. The Labute approximate surface area is 433 Å². The van der Waals surface area contributed by atoms with Crippen LogP contribution in [0.3, 0.4) is 0 Å². The molecular formula is C69H78N2O.